The Morgan fingerprint density at radius 1 is 1.32 bits per heavy atom. The monoisotopic (exact) mass is 307 g/mol. The molecule has 1 aromatic heterocycles. The third-order valence-corrected chi connectivity index (χ3v) is 5.67. The zero-order valence-corrected chi connectivity index (χ0v) is 13.5. The average Bonchev–Trinajstić information content (AvgIpc) is 2.69. The second-order valence-electron chi connectivity index (χ2n) is 4.54. The van der Waals surface area contributed by atoms with Crippen LogP contribution in [-0.2, 0) is 10.0 Å². The molecule has 0 aliphatic heterocycles. The van der Waals surface area contributed by atoms with Gasteiger partial charge in [0.05, 0.1) is 11.4 Å². The van der Waals surface area contributed by atoms with E-state index in [0.29, 0.717) is 17.9 Å². The van der Waals surface area contributed by atoms with Crippen LogP contribution in [0.4, 0.5) is 0 Å². The van der Waals surface area contributed by atoms with Crippen molar-refractivity contribution in [2.45, 2.75) is 51.5 Å². The van der Waals surface area contributed by atoms with E-state index in [1.807, 2.05) is 13.8 Å². The first kappa shape index (κ1) is 16.5. The highest BCUT2D eigenvalue weighted by Crippen LogP contribution is 2.25. The van der Waals surface area contributed by atoms with Crippen LogP contribution in [0.3, 0.4) is 0 Å². The maximum absolute atomic E-state index is 12.8. The van der Waals surface area contributed by atoms with E-state index in [4.69, 9.17) is 11.6 Å². The van der Waals surface area contributed by atoms with E-state index in [-0.39, 0.29) is 16.8 Å². The van der Waals surface area contributed by atoms with E-state index in [9.17, 15) is 8.42 Å². The summed E-state index contributed by atoms with van der Waals surface area (Å²) in [5.41, 5.74) is 1.08. The third-order valence-electron chi connectivity index (χ3n) is 3.28. The lowest BCUT2D eigenvalue weighted by molar-refractivity contribution is 0.316. The number of sulfonamides is 1. The first-order chi connectivity index (χ1) is 8.89. The quantitative estimate of drug-likeness (QED) is 0.787. The van der Waals surface area contributed by atoms with Gasteiger partial charge in [-0.15, -0.1) is 11.6 Å². The van der Waals surface area contributed by atoms with Crippen LogP contribution >= 0.6 is 11.6 Å². The summed E-state index contributed by atoms with van der Waals surface area (Å²) in [6, 6.07) is -0.0301. The summed E-state index contributed by atoms with van der Waals surface area (Å²) >= 11 is 5.77. The number of rotatable bonds is 7. The summed E-state index contributed by atoms with van der Waals surface area (Å²) in [5.74, 6) is 0.283. The number of aromatic nitrogens is 2. The van der Waals surface area contributed by atoms with Crippen molar-refractivity contribution in [3.05, 3.63) is 11.4 Å². The number of nitrogens with one attached hydrogen (secondary N) is 1. The van der Waals surface area contributed by atoms with E-state index < -0.39 is 10.0 Å². The Balaban J connectivity index is 3.28. The van der Waals surface area contributed by atoms with Gasteiger partial charge in [-0.25, -0.2) is 8.42 Å². The summed E-state index contributed by atoms with van der Waals surface area (Å²) in [4.78, 5) is 0.282. The highest BCUT2D eigenvalue weighted by atomic mass is 35.5. The Morgan fingerprint density at radius 2 is 1.89 bits per heavy atom. The molecule has 0 saturated carbocycles. The number of hydrogen-bond acceptors (Lipinski definition) is 3. The Morgan fingerprint density at radius 3 is 2.26 bits per heavy atom. The molecule has 0 radical (unpaired) electrons. The first-order valence-electron chi connectivity index (χ1n) is 6.49. The standard InChI is InChI=1S/C12H22ClN3O2S/c1-5-11(6-2)16(8-7-13)19(17,18)12-9(3)14-15-10(12)4/h11H,5-8H2,1-4H3,(H,14,15). The molecule has 110 valence electrons. The van der Waals surface area contributed by atoms with Gasteiger partial charge in [0.1, 0.15) is 4.90 Å². The van der Waals surface area contributed by atoms with Gasteiger partial charge in [-0.2, -0.15) is 9.40 Å². The van der Waals surface area contributed by atoms with Crippen molar-refractivity contribution >= 4 is 21.6 Å². The molecule has 0 aliphatic rings. The molecule has 0 bridgehead atoms. The van der Waals surface area contributed by atoms with Crippen LogP contribution in [0.5, 0.6) is 0 Å². The molecule has 0 atom stereocenters. The highest BCUT2D eigenvalue weighted by Gasteiger charge is 2.32. The fourth-order valence-electron chi connectivity index (χ4n) is 2.32. The van der Waals surface area contributed by atoms with Crippen LogP contribution in [0.2, 0.25) is 0 Å². The Labute approximate surface area is 120 Å². The maximum atomic E-state index is 12.8. The topological polar surface area (TPSA) is 66.1 Å². The predicted molar refractivity (Wildman–Crippen MR) is 77.0 cm³/mol. The minimum Gasteiger partial charge on any atom is -0.281 e. The van der Waals surface area contributed by atoms with Crippen LogP contribution in [0.1, 0.15) is 38.1 Å². The molecule has 0 aromatic carbocycles. The summed E-state index contributed by atoms with van der Waals surface area (Å²) in [5, 5.41) is 6.70. The zero-order chi connectivity index (χ0) is 14.6. The van der Waals surface area contributed by atoms with E-state index >= 15 is 0 Å². The molecule has 0 fully saturated rings. The zero-order valence-electron chi connectivity index (χ0n) is 11.9. The van der Waals surface area contributed by atoms with E-state index in [2.05, 4.69) is 10.2 Å². The van der Waals surface area contributed by atoms with E-state index in [0.717, 1.165) is 12.8 Å². The molecule has 1 aromatic rings. The number of hydrogen-bond donors (Lipinski definition) is 1. The van der Waals surface area contributed by atoms with Gasteiger partial charge in [-0.05, 0) is 26.7 Å². The van der Waals surface area contributed by atoms with Crippen molar-refractivity contribution in [3.8, 4) is 0 Å². The van der Waals surface area contributed by atoms with Gasteiger partial charge in [-0.3, -0.25) is 5.10 Å². The summed E-state index contributed by atoms with van der Waals surface area (Å²) in [6.07, 6.45) is 1.53. The van der Waals surface area contributed by atoms with Crippen LogP contribution < -0.4 is 0 Å². The summed E-state index contributed by atoms with van der Waals surface area (Å²) < 4.78 is 27.1. The van der Waals surface area contributed by atoms with Gasteiger partial charge in [0, 0.05) is 18.5 Å². The number of H-pyrrole nitrogens is 1. The lowest BCUT2D eigenvalue weighted by Gasteiger charge is -2.29. The Bertz CT molecular complexity index is 490. The van der Waals surface area contributed by atoms with Crippen molar-refractivity contribution in [3.63, 3.8) is 0 Å². The molecule has 5 nitrogen and oxygen atoms in total. The maximum Gasteiger partial charge on any atom is 0.247 e. The second-order valence-corrected chi connectivity index (χ2v) is 6.74. The van der Waals surface area contributed by atoms with Crippen LogP contribution in [0.25, 0.3) is 0 Å². The molecule has 0 spiro atoms. The van der Waals surface area contributed by atoms with Crippen molar-refractivity contribution in [2.75, 3.05) is 12.4 Å². The fourth-order valence-corrected chi connectivity index (χ4v) is 4.71. The highest BCUT2D eigenvalue weighted by molar-refractivity contribution is 7.89. The van der Waals surface area contributed by atoms with Gasteiger partial charge in [0.15, 0.2) is 0 Å². The summed E-state index contributed by atoms with van der Waals surface area (Å²) in [7, 11) is -3.55. The minimum atomic E-state index is -3.55. The van der Waals surface area contributed by atoms with Crippen molar-refractivity contribution in [1.29, 1.82) is 0 Å². The minimum absolute atomic E-state index is 0.0301. The van der Waals surface area contributed by atoms with E-state index in [1.54, 1.807) is 13.8 Å². The van der Waals surface area contributed by atoms with Gasteiger partial charge in [-0.1, -0.05) is 13.8 Å². The molecular formula is C12H22ClN3O2S. The van der Waals surface area contributed by atoms with Gasteiger partial charge in [0.2, 0.25) is 10.0 Å². The fraction of sp³-hybridized carbons (Fsp3) is 0.750. The number of alkyl halides is 1. The molecule has 0 unspecified atom stereocenters. The van der Waals surface area contributed by atoms with E-state index in [1.165, 1.54) is 4.31 Å². The average molecular weight is 308 g/mol. The number of aromatic amines is 1. The van der Waals surface area contributed by atoms with Gasteiger partial charge < -0.3 is 0 Å². The third kappa shape index (κ3) is 3.30. The predicted octanol–water partition coefficient (Wildman–Crippen LogP) is 2.44. The molecule has 0 amide bonds. The molecule has 0 saturated heterocycles. The van der Waals surface area contributed by atoms with Crippen LogP contribution in [-0.4, -0.2) is 41.4 Å². The molecule has 1 N–H and O–H groups in total. The van der Waals surface area contributed by atoms with Gasteiger partial charge in [0.25, 0.3) is 0 Å². The molecule has 1 heterocycles. The lowest BCUT2D eigenvalue weighted by Crippen LogP contribution is -2.41. The Kier molecular flexibility index (Phi) is 5.82. The molecule has 19 heavy (non-hydrogen) atoms. The smallest absolute Gasteiger partial charge is 0.247 e. The normalized spacial score (nSPS) is 12.6. The first-order valence-corrected chi connectivity index (χ1v) is 8.46. The van der Waals surface area contributed by atoms with Crippen molar-refractivity contribution in [1.82, 2.24) is 14.5 Å². The number of nitrogens with zero attached hydrogens (tertiary/aromatic N) is 2. The van der Waals surface area contributed by atoms with Crippen molar-refractivity contribution < 1.29 is 8.42 Å². The SMILES string of the molecule is CCC(CC)N(CCCl)S(=O)(=O)c1c(C)n[nH]c1C. The second kappa shape index (κ2) is 6.72. The van der Waals surface area contributed by atoms with Gasteiger partial charge >= 0.3 is 0 Å². The van der Waals surface area contributed by atoms with Crippen molar-refractivity contribution in [2.24, 2.45) is 0 Å². The van der Waals surface area contributed by atoms with Crippen LogP contribution in [0, 0.1) is 13.8 Å². The molecule has 0 aliphatic carbocycles. The number of aryl methyl sites for hydroxylation is 2. The molecule has 1 rings (SSSR count). The molecule has 7 heteroatoms. The van der Waals surface area contributed by atoms with Crippen LogP contribution in [0.15, 0.2) is 4.90 Å². The Hall–Kier alpha value is -0.590. The largest absolute Gasteiger partial charge is 0.281 e. The number of halogens is 1. The lowest BCUT2D eigenvalue weighted by atomic mass is 10.2. The summed E-state index contributed by atoms with van der Waals surface area (Å²) in [6.45, 7) is 7.71. The molecular weight excluding hydrogens is 286 g/mol.